The molecule has 2 heterocycles. The molecule has 1 aliphatic rings. The highest BCUT2D eigenvalue weighted by Crippen LogP contribution is 2.32. The molecule has 27 heavy (non-hydrogen) atoms. The maximum atomic E-state index is 12.6. The van der Waals surface area contributed by atoms with Gasteiger partial charge in [-0.3, -0.25) is 4.79 Å². The van der Waals surface area contributed by atoms with Crippen molar-refractivity contribution in [2.24, 2.45) is 5.92 Å². The van der Waals surface area contributed by atoms with E-state index < -0.39 is 11.7 Å². The summed E-state index contributed by atoms with van der Waals surface area (Å²) < 4.78 is 37.7. The Balaban J connectivity index is 0.00000338. The number of carbonyl (C=O) groups is 1. The number of anilines is 1. The van der Waals surface area contributed by atoms with E-state index in [1.54, 1.807) is 0 Å². The number of likely N-dealkylation sites (tertiary alicyclic amines) is 1. The number of nitrogens with one attached hydrogen (secondary N) is 2. The first kappa shape index (κ1) is 26.0. The molecule has 0 unspecified atom stereocenters. The lowest BCUT2D eigenvalue weighted by Gasteiger charge is -2.32. The lowest BCUT2D eigenvalue weighted by Crippen LogP contribution is -2.40. The molecule has 1 aromatic heterocycles. The molecule has 11 heteroatoms. The number of halogens is 6. The summed E-state index contributed by atoms with van der Waals surface area (Å²) in [5, 5.41) is 5.86. The molecule has 1 aliphatic heterocycles. The molecule has 0 bridgehead atoms. The van der Waals surface area contributed by atoms with Crippen molar-refractivity contribution in [3.05, 3.63) is 22.8 Å². The Labute approximate surface area is 174 Å². The molecule has 156 valence electrons. The van der Waals surface area contributed by atoms with E-state index in [1.807, 2.05) is 11.9 Å². The number of hydrogen-bond acceptors (Lipinski definition) is 4. The van der Waals surface area contributed by atoms with Crippen LogP contribution in [0.1, 0.15) is 24.8 Å². The van der Waals surface area contributed by atoms with Gasteiger partial charge in [-0.1, -0.05) is 11.6 Å². The van der Waals surface area contributed by atoms with Crippen molar-refractivity contribution in [3.8, 4) is 0 Å². The van der Waals surface area contributed by atoms with E-state index in [9.17, 15) is 18.0 Å². The first-order valence-corrected chi connectivity index (χ1v) is 8.58. The maximum Gasteiger partial charge on any atom is 0.417 e. The minimum absolute atomic E-state index is 0. The number of hydrogen-bond donors (Lipinski definition) is 2. The predicted octanol–water partition coefficient (Wildman–Crippen LogP) is 3.86. The quantitative estimate of drug-likeness (QED) is 0.690. The van der Waals surface area contributed by atoms with Gasteiger partial charge < -0.3 is 15.5 Å². The van der Waals surface area contributed by atoms with Crippen molar-refractivity contribution in [2.75, 3.05) is 38.5 Å². The summed E-state index contributed by atoms with van der Waals surface area (Å²) in [5.74, 6) is 0.774. The van der Waals surface area contributed by atoms with Gasteiger partial charge in [0.05, 0.1) is 10.6 Å². The highest BCUT2D eigenvalue weighted by Gasteiger charge is 2.31. The molecule has 1 fully saturated rings. The van der Waals surface area contributed by atoms with E-state index in [0.29, 0.717) is 5.92 Å². The molecule has 0 radical (unpaired) electrons. The number of rotatable bonds is 6. The van der Waals surface area contributed by atoms with E-state index in [-0.39, 0.29) is 54.5 Å². The highest BCUT2D eigenvalue weighted by molar-refractivity contribution is 6.32. The van der Waals surface area contributed by atoms with Gasteiger partial charge in [0.15, 0.2) is 0 Å². The third-order valence-electron chi connectivity index (χ3n) is 4.26. The molecule has 1 saturated heterocycles. The van der Waals surface area contributed by atoms with Gasteiger partial charge in [0.1, 0.15) is 5.82 Å². The number of alkyl halides is 3. The maximum absolute atomic E-state index is 12.6. The summed E-state index contributed by atoms with van der Waals surface area (Å²) in [6.07, 6.45) is -1.55. The molecule has 1 aromatic rings. The number of aromatic nitrogens is 1. The van der Waals surface area contributed by atoms with Crippen LogP contribution in [0.2, 0.25) is 5.02 Å². The third-order valence-corrected chi connectivity index (χ3v) is 4.55. The van der Waals surface area contributed by atoms with Crippen LogP contribution in [-0.4, -0.2) is 49.0 Å². The van der Waals surface area contributed by atoms with Crippen molar-refractivity contribution in [1.29, 1.82) is 0 Å². The average Bonchev–Trinajstić information content (AvgIpc) is 2.56. The standard InChI is InChI=1S/C16H22ClF3N4O.2ClH/c1-21-9-11-3-6-24(7-4-11)14(25)2-5-22-15-13(17)8-12(10-23-15)16(18,19)20;;/h8,10-11,21H,2-7,9H2,1H3,(H,22,23);2*1H. The SMILES string of the molecule is CNCC1CCN(C(=O)CCNc2ncc(C(F)(F)F)cc2Cl)CC1.Cl.Cl. The van der Waals surface area contributed by atoms with Crippen LogP contribution in [0.15, 0.2) is 12.3 Å². The van der Waals surface area contributed by atoms with Crippen molar-refractivity contribution in [1.82, 2.24) is 15.2 Å². The summed E-state index contributed by atoms with van der Waals surface area (Å²) in [5.41, 5.74) is -0.899. The zero-order valence-electron chi connectivity index (χ0n) is 14.8. The Hall–Kier alpha value is -0.960. The topological polar surface area (TPSA) is 57.3 Å². The molecule has 0 saturated carbocycles. The van der Waals surface area contributed by atoms with Gasteiger partial charge in [-0.15, -0.1) is 24.8 Å². The van der Waals surface area contributed by atoms with Crippen molar-refractivity contribution in [3.63, 3.8) is 0 Å². The normalized spacial score (nSPS) is 14.9. The van der Waals surface area contributed by atoms with Gasteiger partial charge in [-0.05, 0) is 38.4 Å². The lowest BCUT2D eigenvalue weighted by molar-refractivity contribution is -0.137. The Morgan fingerprint density at radius 3 is 2.48 bits per heavy atom. The number of pyridine rings is 1. The summed E-state index contributed by atoms with van der Waals surface area (Å²) in [4.78, 5) is 17.7. The summed E-state index contributed by atoms with van der Waals surface area (Å²) >= 11 is 5.82. The Bertz CT molecular complexity index is 597. The van der Waals surface area contributed by atoms with E-state index in [1.165, 1.54) is 0 Å². The second-order valence-electron chi connectivity index (χ2n) is 6.11. The molecule has 2 rings (SSSR count). The van der Waals surface area contributed by atoms with Gasteiger partial charge in [-0.2, -0.15) is 13.2 Å². The fourth-order valence-corrected chi connectivity index (χ4v) is 3.08. The number of amides is 1. The van der Waals surface area contributed by atoms with Crippen LogP contribution in [-0.2, 0) is 11.0 Å². The first-order chi connectivity index (χ1) is 11.8. The molecular formula is C16H24Cl3F3N4O. The minimum atomic E-state index is -4.48. The van der Waals surface area contributed by atoms with Crippen LogP contribution >= 0.6 is 36.4 Å². The summed E-state index contributed by atoms with van der Waals surface area (Å²) in [7, 11) is 1.92. The minimum Gasteiger partial charge on any atom is -0.368 e. The Morgan fingerprint density at radius 1 is 1.33 bits per heavy atom. The van der Waals surface area contributed by atoms with Crippen LogP contribution in [0.5, 0.6) is 0 Å². The number of nitrogens with zero attached hydrogens (tertiary/aromatic N) is 2. The first-order valence-electron chi connectivity index (χ1n) is 8.20. The van der Waals surface area contributed by atoms with Gasteiger partial charge in [0.2, 0.25) is 5.91 Å². The van der Waals surface area contributed by atoms with Crippen LogP contribution in [0, 0.1) is 5.92 Å². The molecule has 2 N–H and O–H groups in total. The summed E-state index contributed by atoms with van der Waals surface area (Å²) in [6, 6.07) is 0.825. The third kappa shape index (κ3) is 7.89. The average molecular weight is 452 g/mol. The zero-order valence-corrected chi connectivity index (χ0v) is 17.2. The lowest BCUT2D eigenvalue weighted by atomic mass is 9.96. The van der Waals surface area contributed by atoms with Crippen molar-refractivity contribution >= 4 is 48.1 Å². The largest absolute Gasteiger partial charge is 0.417 e. The molecule has 0 spiro atoms. The number of piperidine rings is 1. The van der Waals surface area contributed by atoms with E-state index in [2.05, 4.69) is 15.6 Å². The van der Waals surface area contributed by atoms with Crippen LogP contribution < -0.4 is 10.6 Å². The Morgan fingerprint density at radius 2 is 1.96 bits per heavy atom. The predicted molar refractivity (Wildman–Crippen MR) is 105 cm³/mol. The van der Waals surface area contributed by atoms with E-state index in [4.69, 9.17) is 11.6 Å². The molecule has 0 aliphatic carbocycles. The fraction of sp³-hybridized carbons (Fsp3) is 0.625. The van der Waals surface area contributed by atoms with Crippen LogP contribution in [0.25, 0.3) is 0 Å². The van der Waals surface area contributed by atoms with Crippen molar-refractivity contribution < 1.29 is 18.0 Å². The van der Waals surface area contributed by atoms with Crippen LogP contribution in [0.3, 0.4) is 0 Å². The van der Waals surface area contributed by atoms with E-state index >= 15 is 0 Å². The Kier molecular flexibility index (Phi) is 11.4. The smallest absolute Gasteiger partial charge is 0.368 e. The second kappa shape index (κ2) is 11.8. The fourth-order valence-electron chi connectivity index (χ4n) is 2.84. The van der Waals surface area contributed by atoms with Gasteiger partial charge >= 0.3 is 6.18 Å². The molecule has 5 nitrogen and oxygen atoms in total. The monoisotopic (exact) mass is 450 g/mol. The highest BCUT2D eigenvalue weighted by atomic mass is 35.5. The van der Waals surface area contributed by atoms with Gasteiger partial charge in [-0.25, -0.2) is 4.98 Å². The molecular weight excluding hydrogens is 428 g/mol. The molecule has 0 atom stereocenters. The number of carbonyl (C=O) groups excluding carboxylic acids is 1. The summed E-state index contributed by atoms with van der Waals surface area (Å²) in [6.45, 7) is 2.71. The van der Waals surface area contributed by atoms with E-state index in [0.717, 1.165) is 44.7 Å². The molecule has 0 aromatic carbocycles. The van der Waals surface area contributed by atoms with Gasteiger partial charge in [0, 0.05) is 32.3 Å². The van der Waals surface area contributed by atoms with Gasteiger partial charge in [0.25, 0.3) is 0 Å². The zero-order chi connectivity index (χ0) is 18.4. The second-order valence-corrected chi connectivity index (χ2v) is 6.52. The molecule has 1 amide bonds. The van der Waals surface area contributed by atoms with Crippen LogP contribution in [0.4, 0.5) is 19.0 Å². The van der Waals surface area contributed by atoms with Crippen molar-refractivity contribution in [2.45, 2.75) is 25.4 Å².